The Bertz CT molecular complexity index is 671. The van der Waals surface area contributed by atoms with Crippen LogP contribution in [0.1, 0.15) is 10.4 Å². The summed E-state index contributed by atoms with van der Waals surface area (Å²) in [6, 6.07) is 10.6. The molecule has 0 aliphatic rings. The van der Waals surface area contributed by atoms with E-state index in [4.69, 9.17) is 14.2 Å². The van der Waals surface area contributed by atoms with E-state index in [0.717, 1.165) is 9.32 Å². The third-order valence-corrected chi connectivity index (χ3v) is 3.96. The van der Waals surface area contributed by atoms with Gasteiger partial charge in [-0.1, -0.05) is 0 Å². The first kappa shape index (κ1) is 16.4. The predicted octanol–water partition coefficient (Wildman–Crippen LogP) is 3.57. The minimum atomic E-state index is -0.212. The van der Waals surface area contributed by atoms with Crippen LogP contribution in [0.5, 0.6) is 17.2 Å². The Morgan fingerprint density at radius 2 is 1.55 bits per heavy atom. The van der Waals surface area contributed by atoms with Crippen LogP contribution < -0.4 is 19.5 Å². The average Bonchev–Trinajstić information content (AvgIpc) is 2.55. The van der Waals surface area contributed by atoms with E-state index in [1.54, 1.807) is 50.6 Å². The van der Waals surface area contributed by atoms with Gasteiger partial charge in [-0.05, 0) is 59.0 Å². The van der Waals surface area contributed by atoms with Crippen LogP contribution in [0.4, 0.5) is 5.69 Å². The average molecular weight is 413 g/mol. The molecule has 0 bridgehead atoms. The van der Waals surface area contributed by atoms with Crippen LogP contribution in [0, 0.1) is 3.57 Å². The number of amides is 1. The molecule has 0 heterocycles. The molecule has 5 nitrogen and oxygen atoms in total. The molecule has 0 radical (unpaired) electrons. The lowest BCUT2D eigenvalue weighted by Crippen LogP contribution is -2.13. The van der Waals surface area contributed by atoms with Crippen molar-refractivity contribution < 1.29 is 19.0 Å². The monoisotopic (exact) mass is 413 g/mol. The maximum absolute atomic E-state index is 12.4. The summed E-state index contributed by atoms with van der Waals surface area (Å²) in [7, 11) is 4.69. The number of carbonyl (C=O) groups excluding carboxylic acids is 1. The van der Waals surface area contributed by atoms with Crippen molar-refractivity contribution in [3.63, 3.8) is 0 Å². The highest BCUT2D eigenvalue weighted by Crippen LogP contribution is 2.31. The van der Waals surface area contributed by atoms with Crippen molar-refractivity contribution in [3.05, 3.63) is 45.5 Å². The van der Waals surface area contributed by atoms with Crippen molar-refractivity contribution in [2.24, 2.45) is 0 Å². The minimum Gasteiger partial charge on any atom is -0.497 e. The molecule has 1 amide bonds. The fraction of sp³-hybridized carbons (Fsp3) is 0.188. The summed E-state index contributed by atoms with van der Waals surface area (Å²) in [5.41, 5.74) is 1.21. The van der Waals surface area contributed by atoms with E-state index in [1.165, 1.54) is 7.11 Å². The number of benzene rings is 2. The SMILES string of the molecule is COc1ccc(NC(=O)c2cc(OC)c(OC)cc2I)cc1. The number of hydrogen-bond donors (Lipinski definition) is 1. The van der Waals surface area contributed by atoms with Gasteiger partial charge in [-0.25, -0.2) is 0 Å². The van der Waals surface area contributed by atoms with Gasteiger partial charge in [0.2, 0.25) is 0 Å². The largest absolute Gasteiger partial charge is 0.497 e. The van der Waals surface area contributed by atoms with E-state index in [-0.39, 0.29) is 5.91 Å². The standard InChI is InChI=1S/C16H16INO4/c1-20-11-6-4-10(5-7-11)18-16(19)12-8-14(21-2)15(22-3)9-13(12)17/h4-9H,1-3H3,(H,18,19). The molecule has 6 heteroatoms. The maximum atomic E-state index is 12.4. The third-order valence-electron chi connectivity index (χ3n) is 3.07. The van der Waals surface area contributed by atoms with Gasteiger partial charge in [0.1, 0.15) is 5.75 Å². The van der Waals surface area contributed by atoms with Crippen LogP contribution >= 0.6 is 22.6 Å². The van der Waals surface area contributed by atoms with E-state index in [2.05, 4.69) is 27.9 Å². The second-order valence-electron chi connectivity index (χ2n) is 4.37. The van der Waals surface area contributed by atoms with E-state index < -0.39 is 0 Å². The third kappa shape index (κ3) is 3.62. The van der Waals surface area contributed by atoms with E-state index >= 15 is 0 Å². The maximum Gasteiger partial charge on any atom is 0.256 e. The Labute approximate surface area is 142 Å². The number of hydrogen-bond acceptors (Lipinski definition) is 4. The first-order chi connectivity index (χ1) is 10.6. The molecular formula is C16H16INO4. The zero-order chi connectivity index (χ0) is 16.1. The molecule has 2 aromatic rings. The number of methoxy groups -OCH3 is 3. The number of nitrogens with one attached hydrogen (secondary N) is 1. The van der Waals surface area contributed by atoms with Crippen LogP contribution in [0.3, 0.4) is 0 Å². The van der Waals surface area contributed by atoms with Gasteiger partial charge in [-0.15, -0.1) is 0 Å². The molecule has 0 spiro atoms. The fourth-order valence-corrected chi connectivity index (χ4v) is 2.58. The second-order valence-corrected chi connectivity index (χ2v) is 5.53. The summed E-state index contributed by atoms with van der Waals surface area (Å²) in [6.45, 7) is 0. The molecule has 0 aromatic heterocycles. The van der Waals surface area contributed by atoms with Crippen LogP contribution in [0.15, 0.2) is 36.4 Å². The van der Waals surface area contributed by atoms with E-state index in [1.807, 2.05) is 0 Å². The summed E-state index contributed by atoms with van der Waals surface area (Å²) < 4.78 is 16.3. The van der Waals surface area contributed by atoms with Crippen molar-refractivity contribution >= 4 is 34.2 Å². The molecular weight excluding hydrogens is 397 g/mol. The molecule has 0 unspecified atom stereocenters. The molecule has 0 saturated carbocycles. The van der Waals surface area contributed by atoms with Gasteiger partial charge in [-0.2, -0.15) is 0 Å². The number of ether oxygens (including phenoxy) is 3. The minimum absolute atomic E-state index is 0.212. The van der Waals surface area contributed by atoms with Crippen molar-refractivity contribution in [1.29, 1.82) is 0 Å². The van der Waals surface area contributed by atoms with Gasteiger partial charge in [0.05, 0.1) is 26.9 Å². The Kier molecular flexibility index (Phi) is 5.48. The van der Waals surface area contributed by atoms with Crippen LogP contribution in [0.2, 0.25) is 0 Å². The number of halogens is 1. The van der Waals surface area contributed by atoms with Gasteiger partial charge >= 0.3 is 0 Å². The first-order valence-electron chi connectivity index (χ1n) is 6.46. The molecule has 2 rings (SSSR count). The van der Waals surface area contributed by atoms with Crippen LogP contribution in [-0.2, 0) is 0 Å². The molecule has 2 aromatic carbocycles. The molecule has 22 heavy (non-hydrogen) atoms. The molecule has 116 valence electrons. The highest BCUT2D eigenvalue weighted by atomic mass is 127. The topological polar surface area (TPSA) is 56.8 Å². The smallest absolute Gasteiger partial charge is 0.256 e. The number of anilines is 1. The zero-order valence-electron chi connectivity index (χ0n) is 12.5. The lowest BCUT2D eigenvalue weighted by Gasteiger charge is -2.12. The van der Waals surface area contributed by atoms with E-state index in [9.17, 15) is 4.79 Å². The second kappa shape index (κ2) is 7.35. The molecule has 0 aliphatic heterocycles. The molecule has 1 N–H and O–H groups in total. The molecule has 0 saturated heterocycles. The highest BCUT2D eigenvalue weighted by molar-refractivity contribution is 14.1. The summed E-state index contributed by atoms with van der Waals surface area (Å²) in [6.07, 6.45) is 0. The molecule has 0 fully saturated rings. The van der Waals surface area contributed by atoms with Gasteiger partial charge in [-0.3, -0.25) is 4.79 Å². The van der Waals surface area contributed by atoms with Crippen molar-refractivity contribution in [2.45, 2.75) is 0 Å². The number of rotatable bonds is 5. The van der Waals surface area contributed by atoms with Gasteiger partial charge in [0.15, 0.2) is 11.5 Å². The summed E-state index contributed by atoms with van der Waals surface area (Å²) in [4.78, 5) is 12.4. The van der Waals surface area contributed by atoms with Gasteiger partial charge < -0.3 is 19.5 Å². The van der Waals surface area contributed by atoms with Crippen molar-refractivity contribution in [3.8, 4) is 17.2 Å². The predicted molar refractivity (Wildman–Crippen MR) is 93.2 cm³/mol. The Balaban J connectivity index is 2.24. The summed E-state index contributed by atoms with van der Waals surface area (Å²) in [5.74, 6) is 1.63. The van der Waals surface area contributed by atoms with E-state index in [0.29, 0.717) is 22.7 Å². The lowest BCUT2D eigenvalue weighted by molar-refractivity contribution is 0.102. The zero-order valence-corrected chi connectivity index (χ0v) is 14.6. The highest BCUT2D eigenvalue weighted by Gasteiger charge is 2.15. The normalized spacial score (nSPS) is 10.0. The summed E-state index contributed by atoms with van der Waals surface area (Å²) >= 11 is 2.10. The van der Waals surface area contributed by atoms with Gasteiger partial charge in [0, 0.05) is 9.26 Å². The fourth-order valence-electron chi connectivity index (χ4n) is 1.90. The van der Waals surface area contributed by atoms with Gasteiger partial charge in [0.25, 0.3) is 5.91 Å². The van der Waals surface area contributed by atoms with Crippen molar-refractivity contribution in [2.75, 3.05) is 26.6 Å². The Morgan fingerprint density at radius 1 is 0.955 bits per heavy atom. The quantitative estimate of drug-likeness (QED) is 0.762. The molecule has 0 atom stereocenters. The van der Waals surface area contributed by atoms with Crippen LogP contribution in [-0.4, -0.2) is 27.2 Å². The lowest BCUT2D eigenvalue weighted by atomic mass is 10.2. The molecule has 0 aliphatic carbocycles. The Hall–Kier alpha value is -1.96. The number of carbonyl (C=O) groups is 1. The summed E-state index contributed by atoms with van der Waals surface area (Å²) in [5, 5.41) is 2.84. The Morgan fingerprint density at radius 3 is 2.09 bits per heavy atom. The van der Waals surface area contributed by atoms with Crippen molar-refractivity contribution in [1.82, 2.24) is 0 Å². The van der Waals surface area contributed by atoms with Crippen LogP contribution in [0.25, 0.3) is 0 Å². The first-order valence-corrected chi connectivity index (χ1v) is 7.54.